The maximum atomic E-state index is 12.3. The summed E-state index contributed by atoms with van der Waals surface area (Å²) < 4.78 is 32.6. The lowest BCUT2D eigenvalue weighted by Gasteiger charge is -2.13. The van der Waals surface area contributed by atoms with E-state index in [9.17, 15) is 18.3 Å². The van der Waals surface area contributed by atoms with Gasteiger partial charge in [-0.15, -0.1) is 35.5 Å². The number of hydrogen-bond donors (Lipinski definition) is 5. The quantitative estimate of drug-likeness (QED) is 0.0882. The van der Waals surface area contributed by atoms with Crippen LogP contribution in [-0.2, 0) is 14.8 Å². The molecule has 0 aliphatic heterocycles. The number of carbonyl (C=O) groups is 1. The average molecular weight is 639 g/mol. The molecule has 4 aromatic rings. The molecule has 0 heterocycles. The Morgan fingerprint density at radius 3 is 2.33 bits per heavy atom. The summed E-state index contributed by atoms with van der Waals surface area (Å²) in [4.78, 5) is 12.9. The van der Waals surface area contributed by atoms with Gasteiger partial charge in [0.2, 0.25) is 15.9 Å². The molecule has 11 nitrogen and oxygen atoms in total. The number of nitrogens with one attached hydrogen (secondary N) is 2. The fourth-order valence-electron chi connectivity index (χ4n) is 4.11. The van der Waals surface area contributed by atoms with E-state index in [1.165, 1.54) is 26.2 Å². The van der Waals surface area contributed by atoms with E-state index in [0.717, 1.165) is 0 Å². The van der Waals surface area contributed by atoms with E-state index >= 15 is 0 Å². The number of hydrogen-bond acceptors (Lipinski definition) is 11. The van der Waals surface area contributed by atoms with Gasteiger partial charge in [0.05, 0.1) is 29.1 Å². The van der Waals surface area contributed by atoms with Gasteiger partial charge in [-0.25, -0.2) is 13.1 Å². The monoisotopic (exact) mass is 638 g/mol. The average Bonchev–Trinajstić information content (AvgIpc) is 2.95. The summed E-state index contributed by atoms with van der Waals surface area (Å²) in [5, 5.41) is 31.9. The Bertz CT molecular complexity index is 1860. The van der Waals surface area contributed by atoms with Crippen LogP contribution < -0.4 is 14.8 Å². The Hall–Kier alpha value is -3.98. The summed E-state index contributed by atoms with van der Waals surface area (Å²) in [5.74, 6) is -0.157. The number of phenolic OH excluding ortho intramolecular Hbond substituents is 1. The minimum absolute atomic E-state index is 0.105. The van der Waals surface area contributed by atoms with E-state index in [-0.39, 0.29) is 22.2 Å². The van der Waals surface area contributed by atoms with E-state index in [2.05, 4.69) is 55.8 Å². The number of carbonyl (C=O) groups excluding carboxylic acids is 1. The number of aromatic hydroxyl groups is 1. The fourth-order valence-corrected chi connectivity index (χ4v) is 5.80. The molecule has 4 aromatic carbocycles. The minimum Gasteiger partial charge on any atom is -0.505 e. The SMILES string of the molecule is CCCNS(=O)(=O)c1ccc(/N=N/c2cc(OC)c(/N=N/c3c(S)cc4cc(S)cc(NC(C)=O)c4c3O)cc2C)cc1. The van der Waals surface area contributed by atoms with E-state index in [1.807, 2.05) is 13.8 Å². The second-order valence-electron chi connectivity index (χ2n) is 9.47. The molecule has 3 N–H and O–H groups in total. The number of rotatable bonds is 10. The van der Waals surface area contributed by atoms with Crippen LogP contribution in [0.25, 0.3) is 10.8 Å². The Labute approximate surface area is 260 Å². The first-order valence-corrected chi connectivity index (χ1v) is 15.4. The molecule has 0 aliphatic carbocycles. The predicted octanol–water partition coefficient (Wildman–Crippen LogP) is 7.92. The molecule has 0 radical (unpaired) electrons. The van der Waals surface area contributed by atoms with Gasteiger partial charge in [0.1, 0.15) is 17.1 Å². The van der Waals surface area contributed by atoms with Crippen LogP contribution in [0, 0.1) is 6.92 Å². The van der Waals surface area contributed by atoms with Crippen LogP contribution in [0.2, 0.25) is 0 Å². The number of amides is 1. The van der Waals surface area contributed by atoms with Crippen molar-refractivity contribution >= 4 is 80.4 Å². The number of fused-ring (bicyclic) bond motifs is 1. The number of nitrogens with zero attached hydrogens (tertiary/aromatic N) is 4. The highest BCUT2D eigenvalue weighted by atomic mass is 32.2. The lowest BCUT2D eigenvalue weighted by atomic mass is 10.1. The highest BCUT2D eigenvalue weighted by Crippen LogP contribution is 2.45. The summed E-state index contributed by atoms with van der Waals surface area (Å²) in [5.41, 5.74) is 2.53. The first kappa shape index (κ1) is 31.9. The van der Waals surface area contributed by atoms with Gasteiger partial charge in [0.25, 0.3) is 0 Å². The van der Waals surface area contributed by atoms with Crippen LogP contribution in [0.5, 0.6) is 11.5 Å². The van der Waals surface area contributed by atoms with Gasteiger partial charge in [0.15, 0.2) is 5.75 Å². The number of sulfonamides is 1. The van der Waals surface area contributed by atoms with E-state index in [1.54, 1.807) is 42.5 Å². The number of phenols is 1. The Kier molecular flexibility index (Phi) is 10.1. The first-order valence-electron chi connectivity index (χ1n) is 13.0. The van der Waals surface area contributed by atoms with Crippen molar-refractivity contribution in [3.05, 3.63) is 60.2 Å². The maximum absolute atomic E-state index is 12.3. The molecule has 14 heteroatoms. The number of azo groups is 2. The van der Waals surface area contributed by atoms with E-state index in [4.69, 9.17) is 4.74 Å². The van der Waals surface area contributed by atoms with Gasteiger partial charge in [-0.05, 0) is 72.8 Å². The molecule has 0 spiro atoms. The van der Waals surface area contributed by atoms with Gasteiger partial charge in [0, 0.05) is 34.7 Å². The second kappa shape index (κ2) is 13.5. The highest BCUT2D eigenvalue weighted by molar-refractivity contribution is 7.89. The van der Waals surface area contributed by atoms with E-state index in [0.29, 0.717) is 67.6 Å². The summed E-state index contributed by atoms with van der Waals surface area (Å²) in [6.07, 6.45) is 0.689. The number of benzene rings is 4. The van der Waals surface area contributed by atoms with Gasteiger partial charge >= 0.3 is 0 Å². The summed E-state index contributed by atoms with van der Waals surface area (Å²) in [6.45, 7) is 5.43. The number of anilines is 1. The second-order valence-corrected chi connectivity index (χ2v) is 12.2. The largest absolute Gasteiger partial charge is 0.505 e. The third-order valence-corrected chi connectivity index (χ3v) is 8.25. The number of ether oxygens (including phenoxy) is 1. The van der Waals surface area contributed by atoms with E-state index < -0.39 is 10.0 Å². The van der Waals surface area contributed by atoms with Crippen molar-refractivity contribution in [2.24, 2.45) is 20.5 Å². The van der Waals surface area contributed by atoms with Gasteiger partial charge in [-0.3, -0.25) is 4.79 Å². The molecule has 0 unspecified atom stereocenters. The van der Waals surface area contributed by atoms with Crippen molar-refractivity contribution < 1.29 is 23.1 Å². The molecule has 0 bridgehead atoms. The summed E-state index contributed by atoms with van der Waals surface area (Å²) in [6, 6.07) is 14.5. The van der Waals surface area contributed by atoms with Crippen LogP contribution >= 0.6 is 25.3 Å². The zero-order chi connectivity index (χ0) is 31.3. The van der Waals surface area contributed by atoms with Crippen molar-refractivity contribution in [2.75, 3.05) is 19.0 Å². The Morgan fingerprint density at radius 2 is 1.67 bits per heavy atom. The topological polar surface area (TPSA) is 154 Å². The Balaban J connectivity index is 1.64. The van der Waals surface area contributed by atoms with Crippen LogP contribution in [0.3, 0.4) is 0 Å². The van der Waals surface area contributed by atoms with Crippen molar-refractivity contribution in [3.63, 3.8) is 0 Å². The zero-order valence-electron chi connectivity index (χ0n) is 23.8. The van der Waals surface area contributed by atoms with Crippen LogP contribution in [0.15, 0.2) is 89.7 Å². The number of thiol groups is 2. The molecule has 0 aromatic heterocycles. The molecule has 1 amide bonds. The third kappa shape index (κ3) is 7.51. The predicted molar refractivity (Wildman–Crippen MR) is 172 cm³/mol. The standard InChI is InChI=1S/C29H30N6O5S3/c1-5-10-30-43(38,39)21-8-6-19(7-9-21)32-33-22-15-25(40-4)23(11-16(22)2)34-35-28-26(42)13-18-12-20(41)14-24(31-17(3)36)27(18)29(28)37/h6-9,11-15,30,37,41-42H,5,10H2,1-4H3,(H,31,36)/b33-32+,35-34+. The smallest absolute Gasteiger partial charge is 0.240 e. The van der Waals surface area contributed by atoms with Gasteiger partial charge in [-0.1, -0.05) is 6.92 Å². The Morgan fingerprint density at radius 1 is 0.977 bits per heavy atom. The van der Waals surface area contributed by atoms with Crippen molar-refractivity contribution in [1.82, 2.24) is 4.72 Å². The molecule has 0 atom stereocenters. The van der Waals surface area contributed by atoms with Gasteiger partial charge in [-0.2, -0.15) is 10.2 Å². The molecule has 4 rings (SSSR count). The summed E-state index contributed by atoms with van der Waals surface area (Å²) >= 11 is 8.87. The fraction of sp³-hybridized carbons (Fsp3) is 0.207. The molecular weight excluding hydrogens is 609 g/mol. The molecule has 43 heavy (non-hydrogen) atoms. The van der Waals surface area contributed by atoms with Gasteiger partial charge < -0.3 is 15.2 Å². The third-order valence-electron chi connectivity index (χ3n) is 6.18. The normalized spacial score (nSPS) is 12.0. The van der Waals surface area contributed by atoms with Crippen molar-refractivity contribution in [1.29, 1.82) is 0 Å². The molecule has 224 valence electrons. The van der Waals surface area contributed by atoms with Crippen LogP contribution in [0.1, 0.15) is 25.8 Å². The molecule has 0 aliphatic rings. The lowest BCUT2D eigenvalue weighted by molar-refractivity contribution is -0.114. The minimum atomic E-state index is -3.58. The summed E-state index contributed by atoms with van der Waals surface area (Å²) in [7, 11) is -2.10. The molecular formula is C29H30N6O5S3. The first-order chi connectivity index (χ1) is 20.4. The van der Waals surface area contributed by atoms with Crippen molar-refractivity contribution in [3.8, 4) is 11.5 Å². The molecule has 0 saturated heterocycles. The van der Waals surface area contributed by atoms with Crippen LogP contribution in [0.4, 0.5) is 28.4 Å². The van der Waals surface area contributed by atoms with Crippen molar-refractivity contribution in [2.45, 2.75) is 41.9 Å². The zero-order valence-corrected chi connectivity index (χ0v) is 26.4. The molecule has 0 saturated carbocycles. The lowest BCUT2D eigenvalue weighted by Crippen LogP contribution is -2.24. The number of methoxy groups -OCH3 is 1. The highest BCUT2D eigenvalue weighted by Gasteiger charge is 2.17. The number of aryl methyl sites for hydroxylation is 1. The maximum Gasteiger partial charge on any atom is 0.240 e. The van der Waals surface area contributed by atoms with Crippen LogP contribution in [-0.4, -0.2) is 33.1 Å². The molecule has 0 fully saturated rings.